The summed E-state index contributed by atoms with van der Waals surface area (Å²) in [7, 11) is 0. The van der Waals surface area contributed by atoms with Crippen LogP contribution in [0.4, 0.5) is 5.69 Å². The minimum absolute atomic E-state index is 0.192. The average Bonchev–Trinajstić information content (AvgIpc) is 2.49. The molecule has 0 bridgehead atoms. The molecule has 0 spiro atoms. The van der Waals surface area contributed by atoms with Gasteiger partial charge in [0.2, 0.25) is 0 Å². The molecule has 2 rings (SSSR count). The fourth-order valence-corrected chi connectivity index (χ4v) is 1.91. The Morgan fingerprint density at radius 2 is 2.10 bits per heavy atom. The molecule has 0 aliphatic heterocycles. The lowest BCUT2D eigenvalue weighted by Gasteiger charge is -2.10. The highest BCUT2D eigenvalue weighted by atomic mass is 35.5. The number of hydrogen-bond acceptors (Lipinski definition) is 3. The Labute approximate surface area is 127 Å². The maximum atomic E-state index is 11.9. The SMILES string of the molecule is Cc1ccc(Cl)c(NC(=O)COc2ccccc2C#N)c1. The van der Waals surface area contributed by atoms with E-state index in [1.54, 1.807) is 36.4 Å². The van der Waals surface area contributed by atoms with E-state index in [1.165, 1.54) is 0 Å². The van der Waals surface area contributed by atoms with Crippen LogP contribution in [0.15, 0.2) is 42.5 Å². The molecule has 0 radical (unpaired) electrons. The van der Waals surface area contributed by atoms with Gasteiger partial charge in [0.15, 0.2) is 6.61 Å². The van der Waals surface area contributed by atoms with Crippen molar-refractivity contribution in [2.24, 2.45) is 0 Å². The van der Waals surface area contributed by atoms with Crippen molar-refractivity contribution in [1.82, 2.24) is 0 Å². The highest BCUT2D eigenvalue weighted by Gasteiger charge is 2.08. The lowest BCUT2D eigenvalue weighted by atomic mass is 10.2. The van der Waals surface area contributed by atoms with Crippen LogP contribution in [0.3, 0.4) is 0 Å². The number of aryl methyl sites for hydroxylation is 1. The van der Waals surface area contributed by atoms with Crippen LogP contribution in [0.1, 0.15) is 11.1 Å². The number of para-hydroxylation sites is 1. The van der Waals surface area contributed by atoms with Gasteiger partial charge in [-0.25, -0.2) is 0 Å². The molecule has 1 N–H and O–H groups in total. The van der Waals surface area contributed by atoms with Crippen LogP contribution in [0.5, 0.6) is 5.75 Å². The number of carbonyl (C=O) groups is 1. The summed E-state index contributed by atoms with van der Waals surface area (Å²) >= 11 is 6.01. The Morgan fingerprint density at radius 3 is 2.86 bits per heavy atom. The van der Waals surface area contributed by atoms with Crippen LogP contribution in [-0.2, 0) is 4.79 Å². The Bertz CT molecular complexity index is 708. The standard InChI is InChI=1S/C16H13ClN2O2/c1-11-6-7-13(17)14(8-11)19-16(20)10-21-15-5-3-2-4-12(15)9-18/h2-8H,10H2,1H3,(H,19,20). The third kappa shape index (κ3) is 3.98. The third-order valence-electron chi connectivity index (χ3n) is 2.76. The summed E-state index contributed by atoms with van der Waals surface area (Å²) < 4.78 is 5.35. The topological polar surface area (TPSA) is 62.1 Å². The predicted molar refractivity (Wildman–Crippen MR) is 81.5 cm³/mol. The summed E-state index contributed by atoms with van der Waals surface area (Å²) in [4.78, 5) is 11.9. The Hall–Kier alpha value is -2.51. The van der Waals surface area contributed by atoms with Crippen LogP contribution in [-0.4, -0.2) is 12.5 Å². The molecule has 106 valence electrons. The van der Waals surface area contributed by atoms with Crippen LogP contribution in [0.25, 0.3) is 0 Å². The maximum Gasteiger partial charge on any atom is 0.262 e. The molecule has 0 atom stereocenters. The minimum Gasteiger partial charge on any atom is -0.482 e. The van der Waals surface area contributed by atoms with Crippen molar-refractivity contribution in [3.05, 3.63) is 58.6 Å². The number of halogens is 1. The lowest BCUT2D eigenvalue weighted by molar-refractivity contribution is -0.118. The van der Waals surface area contributed by atoms with E-state index in [1.807, 2.05) is 19.1 Å². The summed E-state index contributed by atoms with van der Waals surface area (Å²) in [6, 6.07) is 14.1. The number of amides is 1. The number of anilines is 1. The summed E-state index contributed by atoms with van der Waals surface area (Å²) in [5.74, 6) is 0.0423. The molecule has 0 saturated heterocycles. The van der Waals surface area contributed by atoms with Crippen molar-refractivity contribution >= 4 is 23.2 Å². The van der Waals surface area contributed by atoms with Crippen LogP contribution >= 0.6 is 11.6 Å². The van der Waals surface area contributed by atoms with Crippen molar-refractivity contribution in [2.75, 3.05) is 11.9 Å². The summed E-state index contributed by atoms with van der Waals surface area (Å²) in [6.07, 6.45) is 0. The molecular weight excluding hydrogens is 288 g/mol. The van der Waals surface area contributed by atoms with Crippen LogP contribution in [0.2, 0.25) is 5.02 Å². The number of hydrogen-bond donors (Lipinski definition) is 1. The normalized spacial score (nSPS) is 9.76. The van der Waals surface area contributed by atoms with Gasteiger partial charge < -0.3 is 10.1 Å². The number of nitrogens with zero attached hydrogens (tertiary/aromatic N) is 1. The molecule has 2 aromatic rings. The van der Waals surface area contributed by atoms with Gasteiger partial charge in [0.05, 0.1) is 16.3 Å². The molecule has 4 nitrogen and oxygen atoms in total. The number of nitrogens with one attached hydrogen (secondary N) is 1. The molecule has 0 saturated carbocycles. The zero-order chi connectivity index (χ0) is 15.2. The highest BCUT2D eigenvalue weighted by molar-refractivity contribution is 6.33. The second-order valence-electron chi connectivity index (χ2n) is 4.43. The fourth-order valence-electron chi connectivity index (χ4n) is 1.75. The first-order chi connectivity index (χ1) is 10.1. The number of carbonyl (C=O) groups excluding carboxylic acids is 1. The fraction of sp³-hybridized carbons (Fsp3) is 0.125. The van der Waals surface area contributed by atoms with Gasteiger partial charge in [-0.3, -0.25) is 4.79 Å². The predicted octanol–water partition coefficient (Wildman–Crippen LogP) is 3.54. The van der Waals surface area contributed by atoms with E-state index < -0.39 is 0 Å². The first kappa shape index (κ1) is 14.9. The van der Waals surface area contributed by atoms with E-state index in [0.717, 1.165) is 5.56 Å². The summed E-state index contributed by atoms with van der Waals surface area (Å²) in [5.41, 5.74) is 1.92. The number of nitriles is 1. The number of ether oxygens (including phenoxy) is 1. The van der Waals surface area contributed by atoms with E-state index in [0.29, 0.717) is 22.0 Å². The second kappa shape index (κ2) is 6.78. The van der Waals surface area contributed by atoms with Gasteiger partial charge in [0.25, 0.3) is 5.91 Å². The van der Waals surface area contributed by atoms with Gasteiger partial charge in [0, 0.05) is 0 Å². The zero-order valence-electron chi connectivity index (χ0n) is 11.4. The Morgan fingerprint density at radius 1 is 1.33 bits per heavy atom. The van der Waals surface area contributed by atoms with E-state index >= 15 is 0 Å². The van der Waals surface area contributed by atoms with Crippen molar-refractivity contribution < 1.29 is 9.53 Å². The first-order valence-electron chi connectivity index (χ1n) is 6.28. The van der Waals surface area contributed by atoms with Gasteiger partial charge in [-0.05, 0) is 36.8 Å². The molecule has 2 aromatic carbocycles. The van der Waals surface area contributed by atoms with Gasteiger partial charge in [0.1, 0.15) is 11.8 Å². The smallest absolute Gasteiger partial charge is 0.262 e. The highest BCUT2D eigenvalue weighted by Crippen LogP contribution is 2.23. The number of rotatable bonds is 4. The number of benzene rings is 2. The Kier molecular flexibility index (Phi) is 4.81. The largest absolute Gasteiger partial charge is 0.482 e. The minimum atomic E-state index is -0.338. The van der Waals surface area contributed by atoms with Crippen molar-refractivity contribution in [3.63, 3.8) is 0 Å². The van der Waals surface area contributed by atoms with E-state index in [9.17, 15) is 4.79 Å². The molecule has 0 heterocycles. The average molecular weight is 301 g/mol. The van der Waals surface area contributed by atoms with Gasteiger partial charge in [-0.1, -0.05) is 29.8 Å². The molecule has 1 amide bonds. The molecule has 21 heavy (non-hydrogen) atoms. The monoisotopic (exact) mass is 300 g/mol. The molecular formula is C16H13ClN2O2. The summed E-state index contributed by atoms with van der Waals surface area (Å²) in [5, 5.41) is 12.1. The molecule has 0 fully saturated rings. The maximum absolute atomic E-state index is 11.9. The van der Waals surface area contributed by atoms with Crippen molar-refractivity contribution in [2.45, 2.75) is 6.92 Å². The molecule has 0 unspecified atom stereocenters. The molecule has 5 heteroatoms. The molecule has 0 aliphatic carbocycles. The van der Waals surface area contributed by atoms with Gasteiger partial charge in [-0.2, -0.15) is 5.26 Å². The van der Waals surface area contributed by atoms with Gasteiger partial charge in [-0.15, -0.1) is 0 Å². The van der Waals surface area contributed by atoms with Crippen LogP contribution in [0, 0.1) is 18.3 Å². The van der Waals surface area contributed by atoms with E-state index in [2.05, 4.69) is 5.32 Å². The van der Waals surface area contributed by atoms with Crippen molar-refractivity contribution in [3.8, 4) is 11.8 Å². The second-order valence-corrected chi connectivity index (χ2v) is 4.84. The Balaban J connectivity index is 2.00. The zero-order valence-corrected chi connectivity index (χ0v) is 12.1. The van der Waals surface area contributed by atoms with E-state index in [-0.39, 0.29) is 12.5 Å². The summed E-state index contributed by atoms with van der Waals surface area (Å²) in [6.45, 7) is 1.72. The third-order valence-corrected chi connectivity index (χ3v) is 3.09. The van der Waals surface area contributed by atoms with Crippen molar-refractivity contribution in [1.29, 1.82) is 5.26 Å². The molecule has 0 aromatic heterocycles. The first-order valence-corrected chi connectivity index (χ1v) is 6.66. The lowest BCUT2D eigenvalue weighted by Crippen LogP contribution is -2.20. The van der Waals surface area contributed by atoms with Gasteiger partial charge >= 0.3 is 0 Å². The molecule has 0 aliphatic rings. The van der Waals surface area contributed by atoms with Crippen LogP contribution < -0.4 is 10.1 Å². The quantitative estimate of drug-likeness (QED) is 0.939. The van der Waals surface area contributed by atoms with E-state index in [4.69, 9.17) is 21.6 Å².